The van der Waals surface area contributed by atoms with Crippen molar-refractivity contribution in [2.24, 2.45) is 0 Å². The highest BCUT2D eigenvalue weighted by atomic mass is 16.8. The second-order valence-electron chi connectivity index (χ2n) is 9.67. The van der Waals surface area contributed by atoms with Crippen LogP contribution >= 0.6 is 0 Å². The van der Waals surface area contributed by atoms with Crippen molar-refractivity contribution in [3.63, 3.8) is 0 Å². The fourth-order valence-electron chi connectivity index (χ4n) is 4.94. The summed E-state index contributed by atoms with van der Waals surface area (Å²) in [6, 6.07) is 9.72. The summed E-state index contributed by atoms with van der Waals surface area (Å²) in [7, 11) is 0. The minimum Gasteiger partial charge on any atom is -0.461 e. The van der Waals surface area contributed by atoms with Gasteiger partial charge < -0.3 is 23.7 Å². The lowest BCUT2D eigenvalue weighted by Crippen LogP contribution is -2.43. The number of hydrogen-bond donors (Lipinski definition) is 1. The summed E-state index contributed by atoms with van der Waals surface area (Å²) in [5.74, 6) is -1.52. The molecule has 1 aromatic heterocycles. The van der Waals surface area contributed by atoms with E-state index in [4.69, 9.17) is 23.7 Å². The van der Waals surface area contributed by atoms with Gasteiger partial charge in [0.25, 0.3) is 5.56 Å². The molecule has 198 valence electrons. The van der Waals surface area contributed by atoms with E-state index in [2.05, 4.69) is 4.98 Å². The van der Waals surface area contributed by atoms with Crippen LogP contribution in [0, 0.1) is 0 Å². The molecule has 1 amide bonds. The number of fused-ring (bicyclic) bond motifs is 1. The molecule has 1 aromatic carbocycles. The standard InChI is InChI=1S/C25H29N3O9/c1-25(2)36-19-17(35-21(20(19)37-25)28-12-10-18(29)26-23(28)31)14-33-22(30)16-9-6-11-27(16)24(32)34-13-15-7-4-3-5-8-15/h3-5,7-8,10,12,16-17,19-21H,6,9,11,13-14H2,1-2H3,(H,26,29,31)/t16-,17-,19-,20-,21-/m1/s1. The molecular formula is C25H29N3O9. The lowest BCUT2D eigenvalue weighted by atomic mass is 10.1. The molecule has 37 heavy (non-hydrogen) atoms. The summed E-state index contributed by atoms with van der Waals surface area (Å²) in [6.07, 6.45) is -1.07. The third-order valence-corrected chi connectivity index (χ3v) is 6.60. The van der Waals surface area contributed by atoms with Gasteiger partial charge in [0, 0.05) is 18.8 Å². The van der Waals surface area contributed by atoms with Gasteiger partial charge in [0.2, 0.25) is 0 Å². The molecule has 5 atom stereocenters. The molecule has 12 heteroatoms. The number of hydrogen-bond acceptors (Lipinski definition) is 9. The van der Waals surface area contributed by atoms with Gasteiger partial charge in [-0.3, -0.25) is 19.2 Å². The number of carbonyl (C=O) groups is 2. The molecule has 0 bridgehead atoms. The molecule has 3 aliphatic heterocycles. The quantitative estimate of drug-likeness (QED) is 0.564. The second-order valence-corrected chi connectivity index (χ2v) is 9.67. The van der Waals surface area contributed by atoms with Gasteiger partial charge in [-0.1, -0.05) is 30.3 Å². The van der Waals surface area contributed by atoms with E-state index in [9.17, 15) is 19.2 Å². The van der Waals surface area contributed by atoms with Gasteiger partial charge in [0.15, 0.2) is 12.0 Å². The van der Waals surface area contributed by atoms with Crippen LogP contribution in [0.15, 0.2) is 52.2 Å². The van der Waals surface area contributed by atoms with Crippen LogP contribution in [0.4, 0.5) is 4.79 Å². The van der Waals surface area contributed by atoms with Gasteiger partial charge in [-0.2, -0.15) is 0 Å². The molecule has 12 nitrogen and oxygen atoms in total. The highest BCUT2D eigenvalue weighted by Crippen LogP contribution is 2.42. The molecule has 3 aliphatic rings. The fourth-order valence-corrected chi connectivity index (χ4v) is 4.94. The first kappa shape index (κ1) is 25.2. The Bertz CT molecular complexity index is 1260. The van der Waals surface area contributed by atoms with Crippen molar-refractivity contribution in [1.82, 2.24) is 14.5 Å². The van der Waals surface area contributed by atoms with Gasteiger partial charge in [0.1, 0.15) is 37.6 Å². The van der Waals surface area contributed by atoms with E-state index in [1.54, 1.807) is 13.8 Å². The van der Waals surface area contributed by atoms with Gasteiger partial charge in [0.05, 0.1) is 0 Å². The number of likely N-dealkylation sites (tertiary alicyclic amines) is 1. The number of nitrogens with one attached hydrogen (secondary N) is 1. The minimum atomic E-state index is -0.948. The van der Waals surface area contributed by atoms with Gasteiger partial charge >= 0.3 is 17.8 Å². The van der Waals surface area contributed by atoms with E-state index in [1.165, 1.54) is 21.7 Å². The molecule has 2 aromatic rings. The van der Waals surface area contributed by atoms with E-state index >= 15 is 0 Å². The molecule has 0 aliphatic carbocycles. The SMILES string of the molecule is CC1(C)O[C@@H]2[C@H](O1)[C@@H](COC(=O)[C@H]1CCCN1C(=O)OCc1ccccc1)O[C@H]2n1ccc(=O)[nH]c1=O. The molecule has 0 unspecified atom stereocenters. The Balaban J connectivity index is 1.22. The maximum atomic E-state index is 13.0. The number of aromatic nitrogens is 2. The van der Waals surface area contributed by atoms with Crippen LogP contribution in [0.25, 0.3) is 0 Å². The summed E-state index contributed by atoms with van der Waals surface area (Å²) in [5, 5.41) is 0. The van der Waals surface area contributed by atoms with Crippen LogP contribution in [0.3, 0.4) is 0 Å². The number of nitrogens with zero attached hydrogens (tertiary/aromatic N) is 2. The number of benzene rings is 1. The molecule has 0 saturated carbocycles. The number of rotatable bonds is 6. The Morgan fingerprint density at radius 2 is 1.84 bits per heavy atom. The molecule has 3 fully saturated rings. The predicted molar refractivity (Wildman–Crippen MR) is 126 cm³/mol. The van der Waals surface area contributed by atoms with Gasteiger partial charge in [-0.05, 0) is 32.3 Å². The van der Waals surface area contributed by atoms with E-state index in [0.29, 0.717) is 19.4 Å². The monoisotopic (exact) mass is 515 g/mol. The van der Waals surface area contributed by atoms with Crippen LogP contribution < -0.4 is 11.2 Å². The van der Waals surface area contributed by atoms with Gasteiger partial charge in [-0.25, -0.2) is 14.4 Å². The Hall–Kier alpha value is -3.48. The van der Waals surface area contributed by atoms with Gasteiger partial charge in [-0.15, -0.1) is 0 Å². The Kier molecular flexibility index (Phi) is 6.88. The zero-order valence-corrected chi connectivity index (χ0v) is 20.5. The Labute approximate surface area is 212 Å². The van der Waals surface area contributed by atoms with Crippen LogP contribution in [0.2, 0.25) is 0 Å². The number of amides is 1. The number of carbonyl (C=O) groups excluding carboxylic acids is 2. The summed E-state index contributed by atoms with van der Waals surface area (Å²) in [4.78, 5) is 53.0. The average molecular weight is 516 g/mol. The van der Waals surface area contributed by atoms with E-state index < -0.39 is 59.7 Å². The van der Waals surface area contributed by atoms with Crippen molar-refractivity contribution >= 4 is 12.1 Å². The Morgan fingerprint density at radius 3 is 2.59 bits per heavy atom. The highest BCUT2D eigenvalue weighted by Gasteiger charge is 2.56. The molecule has 3 saturated heterocycles. The van der Waals surface area contributed by atoms with E-state index in [0.717, 1.165) is 5.56 Å². The van der Waals surface area contributed by atoms with Crippen molar-refractivity contribution in [2.45, 2.75) is 69.7 Å². The lowest BCUT2D eigenvalue weighted by Gasteiger charge is -2.26. The largest absolute Gasteiger partial charge is 0.461 e. The maximum absolute atomic E-state index is 13.0. The molecule has 4 heterocycles. The van der Waals surface area contributed by atoms with Crippen LogP contribution in [0.5, 0.6) is 0 Å². The smallest absolute Gasteiger partial charge is 0.410 e. The summed E-state index contributed by atoms with van der Waals surface area (Å²) in [6.45, 7) is 3.80. The van der Waals surface area contributed by atoms with E-state index in [1.807, 2.05) is 30.3 Å². The van der Waals surface area contributed by atoms with Crippen molar-refractivity contribution < 1.29 is 33.3 Å². The van der Waals surface area contributed by atoms with Crippen LogP contribution in [-0.4, -0.2) is 69.8 Å². The summed E-state index contributed by atoms with van der Waals surface area (Å²) in [5.41, 5.74) is -0.341. The first-order valence-electron chi connectivity index (χ1n) is 12.2. The summed E-state index contributed by atoms with van der Waals surface area (Å²) < 4.78 is 30.1. The normalized spacial score (nSPS) is 28.2. The number of aromatic amines is 1. The molecular weight excluding hydrogens is 486 g/mol. The van der Waals surface area contributed by atoms with Crippen LogP contribution in [-0.2, 0) is 35.1 Å². The molecule has 5 rings (SSSR count). The van der Waals surface area contributed by atoms with E-state index in [-0.39, 0.29) is 13.2 Å². The van der Waals surface area contributed by atoms with Crippen LogP contribution in [0.1, 0.15) is 38.5 Å². The Morgan fingerprint density at radius 1 is 1.08 bits per heavy atom. The lowest BCUT2D eigenvalue weighted by molar-refractivity contribution is -0.203. The van der Waals surface area contributed by atoms with Crippen molar-refractivity contribution in [1.29, 1.82) is 0 Å². The van der Waals surface area contributed by atoms with Crippen molar-refractivity contribution in [2.75, 3.05) is 13.2 Å². The fraction of sp³-hybridized carbons (Fsp3) is 0.520. The third-order valence-electron chi connectivity index (χ3n) is 6.60. The molecule has 0 radical (unpaired) electrons. The van der Waals surface area contributed by atoms with Crippen molar-refractivity contribution in [3.05, 3.63) is 69.0 Å². The number of esters is 1. The molecule has 1 N–H and O–H groups in total. The third kappa shape index (κ3) is 5.31. The summed E-state index contributed by atoms with van der Waals surface area (Å²) >= 11 is 0. The maximum Gasteiger partial charge on any atom is 0.410 e. The predicted octanol–water partition coefficient (Wildman–Crippen LogP) is 1.30. The minimum absolute atomic E-state index is 0.107. The first-order chi connectivity index (χ1) is 17.7. The topological polar surface area (TPSA) is 138 Å². The second kappa shape index (κ2) is 10.1. The average Bonchev–Trinajstić information content (AvgIpc) is 3.56. The highest BCUT2D eigenvalue weighted by molar-refractivity contribution is 5.82. The number of H-pyrrole nitrogens is 1. The zero-order chi connectivity index (χ0) is 26.2. The van der Waals surface area contributed by atoms with Crippen molar-refractivity contribution in [3.8, 4) is 0 Å². The first-order valence-corrected chi connectivity index (χ1v) is 12.2. The zero-order valence-electron chi connectivity index (χ0n) is 20.5. The number of ether oxygens (including phenoxy) is 5. The molecule has 0 spiro atoms.